The molecule has 0 spiro atoms. The van der Waals surface area contributed by atoms with Crippen molar-refractivity contribution in [3.63, 3.8) is 0 Å². The van der Waals surface area contributed by atoms with Crippen molar-refractivity contribution >= 4 is 29.5 Å². The van der Waals surface area contributed by atoms with Gasteiger partial charge in [-0.1, -0.05) is 30.0 Å². The van der Waals surface area contributed by atoms with Crippen LogP contribution in [0.25, 0.3) is 0 Å². The molecule has 1 aromatic carbocycles. The molecular weight excluding hydrogens is 328 g/mol. The second-order valence-electron chi connectivity index (χ2n) is 5.37. The number of benzene rings is 1. The zero-order chi connectivity index (χ0) is 17.6. The molecule has 0 unspecified atom stereocenters. The Morgan fingerprint density at radius 1 is 1.08 bits per heavy atom. The van der Waals surface area contributed by atoms with Crippen LogP contribution >= 0.6 is 11.8 Å². The van der Waals surface area contributed by atoms with E-state index in [0.29, 0.717) is 5.57 Å². The summed E-state index contributed by atoms with van der Waals surface area (Å²) < 4.78 is 10.1. The van der Waals surface area contributed by atoms with Gasteiger partial charge in [0.05, 0.1) is 13.2 Å². The fourth-order valence-electron chi connectivity index (χ4n) is 2.53. The maximum Gasteiger partial charge on any atom is 0.324 e. The van der Waals surface area contributed by atoms with Crippen LogP contribution in [0.5, 0.6) is 0 Å². The molecule has 0 aliphatic heterocycles. The molecule has 5 nitrogen and oxygen atoms in total. The second-order valence-corrected chi connectivity index (χ2v) is 6.32. The maximum atomic E-state index is 12.3. The van der Waals surface area contributed by atoms with E-state index in [0.717, 1.165) is 4.90 Å². The predicted octanol–water partition coefficient (Wildman–Crippen LogP) is 3.14. The quantitative estimate of drug-likeness (QED) is 0.340. The van der Waals surface area contributed by atoms with Crippen molar-refractivity contribution in [2.24, 2.45) is 5.41 Å². The van der Waals surface area contributed by atoms with Crippen molar-refractivity contribution in [1.29, 1.82) is 0 Å². The lowest BCUT2D eigenvalue weighted by Crippen LogP contribution is -2.40. The van der Waals surface area contributed by atoms with Crippen LogP contribution in [-0.2, 0) is 23.9 Å². The van der Waals surface area contributed by atoms with E-state index in [9.17, 15) is 14.4 Å². The number of Topliss-reactive ketones (excluding diaryl/α,β-unsaturated/α-hetero) is 1. The van der Waals surface area contributed by atoms with E-state index in [2.05, 4.69) is 0 Å². The van der Waals surface area contributed by atoms with Crippen LogP contribution in [0.1, 0.15) is 26.7 Å². The first-order valence-corrected chi connectivity index (χ1v) is 8.70. The van der Waals surface area contributed by atoms with E-state index in [1.54, 1.807) is 19.3 Å². The lowest BCUT2D eigenvalue weighted by atomic mass is 9.86. The second kappa shape index (κ2) is 8.15. The average Bonchev–Trinajstić information content (AvgIpc) is 2.92. The number of carbonyl (C=O) groups is 3. The number of rotatable bonds is 6. The van der Waals surface area contributed by atoms with Gasteiger partial charge in [0, 0.05) is 23.3 Å². The number of allylic oxidation sites excluding steroid dienone is 1. The van der Waals surface area contributed by atoms with Crippen molar-refractivity contribution in [3.05, 3.63) is 41.3 Å². The summed E-state index contributed by atoms with van der Waals surface area (Å²) in [6.45, 7) is 3.61. The largest absolute Gasteiger partial charge is 0.465 e. The first-order chi connectivity index (χ1) is 11.5. The molecule has 0 N–H and O–H groups in total. The van der Waals surface area contributed by atoms with Gasteiger partial charge in [-0.05, 0) is 31.4 Å². The highest BCUT2D eigenvalue weighted by Gasteiger charge is 2.55. The van der Waals surface area contributed by atoms with Gasteiger partial charge in [-0.25, -0.2) is 0 Å². The minimum Gasteiger partial charge on any atom is -0.465 e. The molecule has 0 aromatic heterocycles. The van der Waals surface area contributed by atoms with Gasteiger partial charge >= 0.3 is 11.9 Å². The van der Waals surface area contributed by atoms with Gasteiger partial charge in [-0.3, -0.25) is 14.4 Å². The predicted molar refractivity (Wildman–Crippen MR) is 90.3 cm³/mol. The van der Waals surface area contributed by atoms with E-state index in [1.807, 2.05) is 30.3 Å². The van der Waals surface area contributed by atoms with Crippen molar-refractivity contribution in [3.8, 4) is 0 Å². The number of esters is 2. The summed E-state index contributed by atoms with van der Waals surface area (Å²) in [5.41, 5.74) is -1.10. The molecule has 0 bridgehead atoms. The minimum atomic E-state index is -1.55. The summed E-state index contributed by atoms with van der Waals surface area (Å²) in [5, 5.41) is 1.71. The van der Waals surface area contributed by atoms with Crippen molar-refractivity contribution < 1.29 is 23.9 Å². The summed E-state index contributed by atoms with van der Waals surface area (Å²) in [5.74, 6) is -1.60. The van der Waals surface area contributed by atoms with Gasteiger partial charge in [0.2, 0.25) is 0 Å². The van der Waals surface area contributed by atoms with E-state index < -0.39 is 17.4 Å². The minimum absolute atomic E-state index is 0.0172. The fraction of sp³-hybridized carbons (Fsp3) is 0.389. The molecule has 1 aromatic rings. The topological polar surface area (TPSA) is 69.7 Å². The Morgan fingerprint density at radius 3 is 2.21 bits per heavy atom. The molecule has 0 atom stereocenters. The highest BCUT2D eigenvalue weighted by molar-refractivity contribution is 8.02. The van der Waals surface area contributed by atoms with Crippen molar-refractivity contribution in [1.82, 2.24) is 0 Å². The molecule has 6 heteroatoms. The molecule has 1 fully saturated rings. The number of ether oxygens (including phenoxy) is 2. The van der Waals surface area contributed by atoms with Gasteiger partial charge in [-0.15, -0.1) is 0 Å². The number of hydrogen-bond acceptors (Lipinski definition) is 6. The summed E-state index contributed by atoms with van der Waals surface area (Å²) in [4.78, 5) is 38.0. The molecule has 1 aliphatic rings. The number of ketones is 1. The van der Waals surface area contributed by atoms with Crippen LogP contribution < -0.4 is 0 Å². The van der Waals surface area contributed by atoms with Crippen LogP contribution in [0, 0.1) is 5.41 Å². The lowest BCUT2D eigenvalue weighted by Gasteiger charge is -2.22. The van der Waals surface area contributed by atoms with Crippen molar-refractivity contribution in [2.45, 2.75) is 31.6 Å². The molecule has 0 saturated heterocycles. The molecule has 0 radical (unpaired) electrons. The van der Waals surface area contributed by atoms with Crippen LogP contribution in [0.3, 0.4) is 0 Å². The lowest BCUT2D eigenvalue weighted by molar-refractivity contribution is -0.171. The molecule has 24 heavy (non-hydrogen) atoms. The zero-order valence-corrected chi connectivity index (χ0v) is 14.6. The van der Waals surface area contributed by atoms with Crippen LogP contribution in [0.4, 0.5) is 0 Å². The molecule has 1 aliphatic carbocycles. The smallest absolute Gasteiger partial charge is 0.324 e. The van der Waals surface area contributed by atoms with Gasteiger partial charge in [-0.2, -0.15) is 0 Å². The normalized spacial score (nSPS) is 17.8. The van der Waals surface area contributed by atoms with E-state index in [4.69, 9.17) is 9.47 Å². The van der Waals surface area contributed by atoms with Gasteiger partial charge in [0.1, 0.15) is 0 Å². The summed E-state index contributed by atoms with van der Waals surface area (Å²) in [6, 6.07) is 9.55. The molecule has 0 heterocycles. The standard InChI is InChI=1S/C18H20O5S/c1-3-22-16(20)18(17(21)23-4-2)10-13(15(19)11-18)12-24-14-8-6-5-7-9-14/h5-9,12H,3-4,10-11H2,1-2H3/b13-12-. The molecule has 0 amide bonds. The third-order valence-electron chi connectivity index (χ3n) is 3.73. The molecule has 1 saturated carbocycles. The first kappa shape index (κ1) is 18.3. The van der Waals surface area contributed by atoms with Gasteiger partial charge in [0.15, 0.2) is 11.2 Å². The van der Waals surface area contributed by atoms with Crippen LogP contribution in [0.2, 0.25) is 0 Å². The Morgan fingerprint density at radius 2 is 1.67 bits per heavy atom. The molecule has 2 rings (SSSR count). The summed E-state index contributed by atoms with van der Waals surface area (Å²) >= 11 is 1.39. The van der Waals surface area contributed by atoms with Crippen LogP contribution in [-0.4, -0.2) is 30.9 Å². The third kappa shape index (κ3) is 3.87. The van der Waals surface area contributed by atoms with E-state index >= 15 is 0 Å². The number of carbonyl (C=O) groups excluding carboxylic acids is 3. The summed E-state index contributed by atoms with van der Waals surface area (Å²) in [7, 11) is 0. The Hall–Kier alpha value is -2.08. The molecular formula is C18H20O5S. The Kier molecular flexibility index (Phi) is 6.20. The summed E-state index contributed by atoms with van der Waals surface area (Å²) in [6.07, 6.45) is -0.185. The SMILES string of the molecule is CCOC(=O)C1(C(=O)OCC)CC(=O)/C(=C\Sc2ccccc2)C1. The fourth-order valence-corrected chi connectivity index (χ4v) is 3.34. The van der Waals surface area contributed by atoms with Gasteiger partial charge < -0.3 is 9.47 Å². The number of hydrogen-bond donors (Lipinski definition) is 0. The maximum absolute atomic E-state index is 12.3. The monoisotopic (exact) mass is 348 g/mol. The van der Waals surface area contributed by atoms with Crippen molar-refractivity contribution in [2.75, 3.05) is 13.2 Å². The Balaban J connectivity index is 2.24. The number of thioether (sulfide) groups is 1. The zero-order valence-electron chi connectivity index (χ0n) is 13.7. The van der Waals surface area contributed by atoms with E-state index in [1.165, 1.54) is 11.8 Å². The highest BCUT2D eigenvalue weighted by Crippen LogP contribution is 2.43. The van der Waals surface area contributed by atoms with Gasteiger partial charge in [0.25, 0.3) is 0 Å². The van der Waals surface area contributed by atoms with Crippen LogP contribution in [0.15, 0.2) is 46.2 Å². The average molecular weight is 348 g/mol. The Bertz CT molecular complexity index is 633. The first-order valence-electron chi connectivity index (χ1n) is 7.82. The van der Waals surface area contributed by atoms with E-state index in [-0.39, 0.29) is 31.8 Å². The third-order valence-corrected chi connectivity index (χ3v) is 4.67. The highest BCUT2D eigenvalue weighted by atomic mass is 32.2. The molecule has 128 valence electrons. The Labute approximate surface area is 145 Å².